The van der Waals surface area contributed by atoms with E-state index in [-0.39, 0.29) is 24.3 Å². The molecular weight excluding hydrogens is 526 g/mol. The molecule has 2 aromatic heterocycles. The molecule has 0 bridgehead atoms. The molecule has 42 heavy (non-hydrogen) atoms. The highest BCUT2D eigenvalue weighted by Crippen LogP contribution is 2.35. The third-order valence-electron chi connectivity index (χ3n) is 7.40. The first-order valence-corrected chi connectivity index (χ1v) is 14.2. The number of hydrogen-bond donors (Lipinski definition) is 1. The van der Waals surface area contributed by atoms with Gasteiger partial charge in [-0.15, -0.1) is 0 Å². The molecule has 216 valence electrons. The van der Waals surface area contributed by atoms with Crippen LogP contribution in [0.2, 0.25) is 0 Å². The van der Waals surface area contributed by atoms with Crippen LogP contribution in [0.5, 0.6) is 17.2 Å². The quantitative estimate of drug-likeness (QED) is 0.175. The molecule has 1 amide bonds. The molecule has 3 aromatic carbocycles. The van der Waals surface area contributed by atoms with Gasteiger partial charge < -0.3 is 23.9 Å². The number of pyridine rings is 1. The van der Waals surface area contributed by atoms with E-state index in [1.165, 1.54) is 5.56 Å². The number of amides is 1. The van der Waals surface area contributed by atoms with E-state index in [1.54, 1.807) is 14.2 Å². The van der Waals surface area contributed by atoms with E-state index in [0.717, 1.165) is 29.7 Å². The average molecular weight is 564 g/mol. The van der Waals surface area contributed by atoms with E-state index in [4.69, 9.17) is 19.2 Å². The fraction of sp³-hybridized carbons (Fsp3) is 0.257. The number of carbonyl (C=O) groups excluding carboxylic acids is 1. The van der Waals surface area contributed by atoms with Gasteiger partial charge in [0.2, 0.25) is 5.91 Å². The predicted molar refractivity (Wildman–Crippen MR) is 164 cm³/mol. The maximum absolute atomic E-state index is 13.5. The van der Waals surface area contributed by atoms with Crippen LogP contribution in [0.1, 0.15) is 48.1 Å². The lowest BCUT2D eigenvalue weighted by Gasteiger charge is -2.21. The van der Waals surface area contributed by atoms with Crippen LogP contribution in [0.25, 0.3) is 5.65 Å². The van der Waals surface area contributed by atoms with Gasteiger partial charge in [-0.05, 0) is 60.7 Å². The summed E-state index contributed by atoms with van der Waals surface area (Å²) in [7, 11) is 3.25. The largest absolute Gasteiger partial charge is 0.497 e. The minimum absolute atomic E-state index is 0.0263. The topological polar surface area (TPSA) is 74.1 Å². The first-order valence-electron chi connectivity index (χ1n) is 14.2. The number of rotatable bonds is 13. The number of ether oxygens (including phenoxy) is 3. The number of aryl methyl sites for hydroxylation is 1. The molecule has 7 heteroatoms. The highest BCUT2D eigenvalue weighted by molar-refractivity contribution is 5.78. The van der Waals surface area contributed by atoms with Crippen molar-refractivity contribution in [2.45, 2.75) is 44.8 Å². The summed E-state index contributed by atoms with van der Waals surface area (Å²) >= 11 is 0. The second-order valence-corrected chi connectivity index (χ2v) is 10.4. The van der Waals surface area contributed by atoms with Crippen molar-refractivity contribution in [1.82, 2.24) is 14.7 Å². The normalized spacial score (nSPS) is 12.5. The van der Waals surface area contributed by atoms with E-state index in [2.05, 4.69) is 24.4 Å². The Labute approximate surface area is 247 Å². The smallest absolute Gasteiger partial charge is 0.221 e. The summed E-state index contributed by atoms with van der Waals surface area (Å²) in [6.45, 7) is 2.48. The van der Waals surface area contributed by atoms with Crippen LogP contribution in [0.4, 0.5) is 0 Å². The summed E-state index contributed by atoms with van der Waals surface area (Å²) in [6.07, 6.45) is 5.77. The van der Waals surface area contributed by atoms with E-state index < -0.39 is 0 Å². The zero-order valence-corrected chi connectivity index (χ0v) is 24.3. The SMILES string of the molecule is COc1cc(OC)cc([C@@H](CC(=O)N[C@@H](C)CCc2ccccc2)c2cnc3c(OCc4ccccc4)cccn23)c1. The third-order valence-corrected chi connectivity index (χ3v) is 7.40. The molecule has 0 radical (unpaired) electrons. The highest BCUT2D eigenvalue weighted by Gasteiger charge is 2.25. The molecule has 7 nitrogen and oxygen atoms in total. The summed E-state index contributed by atoms with van der Waals surface area (Å²) in [5.74, 6) is 1.65. The van der Waals surface area contributed by atoms with Crippen molar-refractivity contribution in [3.8, 4) is 17.2 Å². The summed E-state index contributed by atoms with van der Waals surface area (Å²) in [5, 5.41) is 3.21. The number of carbonyl (C=O) groups is 1. The Hall–Kier alpha value is -4.78. The molecule has 0 aliphatic rings. The Kier molecular flexibility index (Phi) is 9.39. The summed E-state index contributed by atoms with van der Waals surface area (Å²) in [5.41, 5.74) is 4.80. The fourth-order valence-corrected chi connectivity index (χ4v) is 5.15. The molecule has 2 heterocycles. The van der Waals surface area contributed by atoms with Crippen molar-refractivity contribution in [3.05, 3.63) is 126 Å². The van der Waals surface area contributed by atoms with Crippen molar-refractivity contribution in [2.24, 2.45) is 0 Å². The van der Waals surface area contributed by atoms with Crippen LogP contribution in [0.15, 0.2) is 103 Å². The Morgan fingerprint density at radius 2 is 1.55 bits per heavy atom. The lowest BCUT2D eigenvalue weighted by atomic mass is 9.91. The predicted octanol–water partition coefficient (Wildman–Crippen LogP) is 6.59. The average Bonchev–Trinajstić information content (AvgIpc) is 3.47. The molecule has 0 saturated heterocycles. The number of hydrogen-bond acceptors (Lipinski definition) is 5. The van der Waals surface area contributed by atoms with Crippen molar-refractivity contribution in [1.29, 1.82) is 0 Å². The number of imidazole rings is 1. The van der Waals surface area contributed by atoms with E-state index in [9.17, 15) is 4.79 Å². The van der Waals surface area contributed by atoms with Gasteiger partial charge in [0.05, 0.1) is 19.9 Å². The van der Waals surface area contributed by atoms with Gasteiger partial charge in [-0.2, -0.15) is 0 Å². The third kappa shape index (κ3) is 7.10. The molecular formula is C35H37N3O4. The van der Waals surface area contributed by atoms with Crippen LogP contribution in [0, 0.1) is 0 Å². The van der Waals surface area contributed by atoms with Gasteiger partial charge in [-0.3, -0.25) is 4.79 Å². The first-order chi connectivity index (χ1) is 20.5. The highest BCUT2D eigenvalue weighted by atomic mass is 16.5. The van der Waals surface area contributed by atoms with E-state index >= 15 is 0 Å². The van der Waals surface area contributed by atoms with Crippen molar-refractivity contribution in [3.63, 3.8) is 0 Å². The number of nitrogens with one attached hydrogen (secondary N) is 1. The second kappa shape index (κ2) is 13.7. The van der Waals surface area contributed by atoms with Crippen LogP contribution < -0.4 is 19.5 Å². The molecule has 0 saturated carbocycles. The number of aromatic nitrogens is 2. The zero-order valence-electron chi connectivity index (χ0n) is 24.3. The molecule has 0 aliphatic carbocycles. The fourth-order valence-electron chi connectivity index (χ4n) is 5.15. The number of fused-ring (bicyclic) bond motifs is 1. The lowest BCUT2D eigenvalue weighted by Crippen LogP contribution is -2.34. The maximum atomic E-state index is 13.5. The van der Waals surface area contributed by atoms with Crippen LogP contribution >= 0.6 is 0 Å². The Bertz CT molecular complexity index is 1580. The Morgan fingerprint density at radius 1 is 0.881 bits per heavy atom. The zero-order chi connectivity index (χ0) is 29.3. The van der Waals surface area contributed by atoms with Gasteiger partial charge >= 0.3 is 0 Å². The van der Waals surface area contributed by atoms with Gasteiger partial charge in [0.15, 0.2) is 11.4 Å². The van der Waals surface area contributed by atoms with Crippen LogP contribution in [-0.4, -0.2) is 35.6 Å². The Morgan fingerprint density at radius 3 is 2.21 bits per heavy atom. The van der Waals surface area contributed by atoms with Gasteiger partial charge in [-0.25, -0.2) is 4.98 Å². The van der Waals surface area contributed by atoms with Gasteiger partial charge in [0.1, 0.15) is 18.1 Å². The minimum atomic E-state index is -0.310. The maximum Gasteiger partial charge on any atom is 0.221 e. The first kappa shape index (κ1) is 28.7. The summed E-state index contributed by atoms with van der Waals surface area (Å²) in [4.78, 5) is 18.2. The monoisotopic (exact) mass is 563 g/mol. The van der Waals surface area contributed by atoms with Crippen LogP contribution in [-0.2, 0) is 17.8 Å². The van der Waals surface area contributed by atoms with Crippen molar-refractivity contribution < 1.29 is 19.0 Å². The van der Waals surface area contributed by atoms with Gasteiger partial charge in [-0.1, -0.05) is 60.7 Å². The van der Waals surface area contributed by atoms with Gasteiger partial charge in [0, 0.05) is 36.8 Å². The second-order valence-electron chi connectivity index (χ2n) is 10.4. The molecule has 2 atom stereocenters. The molecule has 0 fully saturated rings. The number of benzene rings is 3. The van der Waals surface area contributed by atoms with Crippen LogP contribution in [0.3, 0.4) is 0 Å². The van der Waals surface area contributed by atoms with Crippen molar-refractivity contribution >= 4 is 11.6 Å². The molecule has 5 aromatic rings. The lowest BCUT2D eigenvalue weighted by molar-refractivity contribution is -0.121. The molecule has 0 spiro atoms. The standard InChI is InChI=1S/C35H37N3O4/c1-25(16-17-26-11-6-4-7-12-26)37-34(39)22-31(28-19-29(40-2)21-30(20-28)41-3)32-23-36-35-33(15-10-18-38(32)35)42-24-27-13-8-5-9-14-27/h4-15,18-21,23,25,31H,16-17,22,24H2,1-3H3,(H,37,39)/t25-,31+/m0/s1. The summed E-state index contributed by atoms with van der Waals surface area (Å²) < 4.78 is 19.3. The summed E-state index contributed by atoms with van der Waals surface area (Å²) in [6, 6.07) is 30.0. The molecule has 0 unspecified atom stereocenters. The van der Waals surface area contributed by atoms with E-state index in [0.29, 0.717) is 29.5 Å². The van der Waals surface area contributed by atoms with E-state index in [1.807, 2.05) is 95.7 Å². The molecule has 5 rings (SSSR count). The molecule has 1 N–H and O–H groups in total. The minimum Gasteiger partial charge on any atom is -0.497 e. The number of methoxy groups -OCH3 is 2. The Balaban J connectivity index is 1.41. The van der Waals surface area contributed by atoms with Crippen molar-refractivity contribution in [2.75, 3.05) is 14.2 Å². The molecule has 0 aliphatic heterocycles. The van der Waals surface area contributed by atoms with Gasteiger partial charge in [0.25, 0.3) is 0 Å². The number of nitrogens with zero attached hydrogens (tertiary/aromatic N) is 2.